The summed E-state index contributed by atoms with van der Waals surface area (Å²) in [4.78, 5) is 16.1. The first-order chi connectivity index (χ1) is 12.1. The Kier molecular flexibility index (Phi) is 5.48. The van der Waals surface area contributed by atoms with Gasteiger partial charge in [-0.3, -0.25) is 4.79 Å². The number of hydrogen-bond donors (Lipinski definition) is 1. The van der Waals surface area contributed by atoms with Crippen molar-refractivity contribution in [3.63, 3.8) is 0 Å². The normalized spacial score (nSPS) is 11.0. The molecule has 0 unspecified atom stereocenters. The van der Waals surface area contributed by atoms with Crippen LogP contribution in [-0.2, 0) is 11.3 Å². The summed E-state index contributed by atoms with van der Waals surface area (Å²) < 4.78 is 1.69. The van der Waals surface area contributed by atoms with E-state index in [0.717, 1.165) is 5.56 Å². The van der Waals surface area contributed by atoms with Gasteiger partial charge >= 0.3 is 0 Å². The third-order valence-corrected chi connectivity index (χ3v) is 4.30. The van der Waals surface area contributed by atoms with E-state index in [-0.39, 0.29) is 5.91 Å². The number of nitrogens with zero attached hydrogens (tertiary/aromatic N) is 3. The molecule has 7 heteroatoms. The molecule has 2 aromatic carbocycles. The number of carbonyl (C=O) groups is 1. The van der Waals surface area contributed by atoms with Crippen molar-refractivity contribution in [2.24, 2.45) is 0 Å². The fourth-order valence-corrected chi connectivity index (χ4v) is 2.63. The van der Waals surface area contributed by atoms with E-state index in [1.165, 1.54) is 12.4 Å². The summed E-state index contributed by atoms with van der Waals surface area (Å²) in [5.41, 5.74) is 2.32. The van der Waals surface area contributed by atoms with Gasteiger partial charge in [0.15, 0.2) is 0 Å². The molecule has 0 saturated carbocycles. The fraction of sp³-hybridized carbons (Fsp3) is 0.0556. The highest BCUT2D eigenvalue weighted by atomic mass is 35.5. The van der Waals surface area contributed by atoms with Crippen LogP contribution in [0.15, 0.2) is 61.2 Å². The molecule has 1 N–H and O–H groups in total. The minimum Gasteiger partial charge on any atom is -0.322 e. The van der Waals surface area contributed by atoms with Gasteiger partial charge in [-0.15, -0.1) is 0 Å². The second kappa shape index (κ2) is 7.96. The minimum atomic E-state index is -0.262. The number of rotatable bonds is 5. The molecule has 0 atom stereocenters. The zero-order chi connectivity index (χ0) is 17.6. The Hall–Kier alpha value is -2.63. The number of aromatic nitrogens is 3. The lowest BCUT2D eigenvalue weighted by Crippen LogP contribution is -2.11. The molecule has 0 bridgehead atoms. The molecule has 1 amide bonds. The molecule has 0 fully saturated rings. The van der Waals surface area contributed by atoms with Crippen molar-refractivity contribution in [3.8, 4) is 0 Å². The average molecular weight is 373 g/mol. The van der Waals surface area contributed by atoms with E-state index in [1.807, 2.05) is 24.3 Å². The van der Waals surface area contributed by atoms with Crippen LogP contribution in [0.25, 0.3) is 6.08 Å². The van der Waals surface area contributed by atoms with Gasteiger partial charge in [0.25, 0.3) is 0 Å². The highest BCUT2D eigenvalue weighted by Gasteiger charge is 2.06. The van der Waals surface area contributed by atoms with Crippen LogP contribution in [0.1, 0.15) is 11.1 Å². The maximum atomic E-state index is 12.2. The van der Waals surface area contributed by atoms with Gasteiger partial charge in [0, 0.05) is 11.8 Å². The first-order valence-corrected chi connectivity index (χ1v) is 8.22. The quantitative estimate of drug-likeness (QED) is 0.679. The maximum absolute atomic E-state index is 12.2. The smallest absolute Gasteiger partial charge is 0.248 e. The van der Waals surface area contributed by atoms with Crippen LogP contribution >= 0.6 is 23.2 Å². The zero-order valence-electron chi connectivity index (χ0n) is 13.1. The lowest BCUT2D eigenvalue weighted by atomic mass is 10.1. The van der Waals surface area contributed by atoms with E-state index in [1.54, 1.807) is 35.3 Å². The van der Waals surface area contributed by atoms with Gasteiger partial charge in [0.1, 0.15) is 12.7 Å². The molecule has 126 valence electrons. The maximum Gasteiger partial charge on any atom is 0.248 e. The van der Waals surface area contributed by atoms with Gasteiger partial charge in [-0.05, 0) is 29.3 Å². The van der Waals surface area contributed by atoms with Crippen molar-refractivity contribution in [2.75, 3.05) is 5.32 Å². The highest BCUT2D eigenvalue weighted by Crippen LogP contribution is 2.26. The predicted molar refractivity (Wildman–Crippen MR) is 99.7 cm³/mol. The Labute approximate surface area is 154 Å². The van der Waals surface area contributed by atoms with Gasteiger partial charge in [0.05, 0.1) is 16.6 Å². The number of anilines is 1. The standard InChI is InChI=1S/C18H14Cl2N4O/c19-15-6-3-5-13(18(15)20)8-9-17(25)23-16-7-2-1-4-14(16)10-24-12-21-11-22-24/h1-9,11-12H,10H2,(H,23,25)/b9-8+. The molecular weight excluding hydrogens is 359 g/mol. The third-order valence-electron chi connectivity index (χ3n) is 3.47. The van der Waals surface area contributed by atoms with Crippen molar-refractivity contribution in [3.05, 3.63) is 82.4 Å². The Morgan fingerprint density at radius 2 is 2.00 bits per heavy atom. The number of halogens is 2. The van der Waals surface area contributed by atoms with Gasteiger partial charge in [-0.2, -0.15) is 5.10 Å². The molecule has 0 spiro atoms. The summed E-state index contributed by atoms with van der Waals surface area (Å²) in [7, 11) is 0. The van der Waals surface area contributed by atoms with Crippen LogP contribution in [0.3, 0.4) is 0 Å². The second-order valence-electron chi connectivity index (χ2n) is 5.22. The third kappa shape index (κ3) is 4.47. The predicted octanol–water partition coefficient (Wildman–Crippen LogP) is 4.29. The van der Waals surface area contributed by atoms with E-state index in [2.05, 4.69) is 15.4 Å². The van der Waals surface area contributed by atoms with Crippen molar-refractivity contribution in [1.82, 2.24) is 14.8 Å². The average Bonchev–Trinajstić information content (AvgIpc) is 3.11. The van der Waals surface area contributed by atoms with Crippen LogP contribution in [0.2, 0.25) is 10.0 Å². The van der Waals surface area contributed by atoms with Gasteiger partial charge in [-0.25, -0.2) is 9.67 Å². The Morgan fingerprint density at radius 3 is 2.80 bits per heavy atom. The highest BCUT2D eigenvalue weighted by molar-refractivity contribution is 6.42. The van der Waals surface area contributed by atoms with Gasteiger partial charge in [0.2, 0.25) is 5.91 Å². The number of carbonyl (C=O) groups excluding carboxylic acids is 1. The zero-order valence-corrected chi connectivity index (χ0v) is 14.6. The Balaban J connectivity index is 1.73. The molecule has 1 aromatic heterocycles. The van der Waals surface area contributed by atoms with E-state index in [4.69, 9.17) is 23.2 Å². The monoisotopic (exact) mass is 372 g/mol. The molecule has 0 saturated heterocycles. The van der Waals surface area contributed by atoms with Crippen LogP contribution in [-0.4, -0.2) is 20.7 Å². The fourth-order valence-electron chi connectivity index (χ4n) is 2.26. The largest absolute Gasteiger partial charge is 0.322 e. The SMILES string of the molecule is O=C(/C=C/c1cccc(Cl)c1Cl)Nc1ccccc1Cn1cncn1. The lowest BCUT2D eigenvalue weighted by Gasteiger charge is -2.09. The van der Waals surface area contributed by atoms with Gasteiger partial charge in [-0.1, -0.05) is 53.5 Å². The molecule has 5 nitrogen and oxygen atoms in total. The van der Waals surface area contributed by atoms with Crippen molar-refractivity contribution in [1.29, 1.82) is 0 Å². The minimum absolute atomic E-state index is 0.262. The number of hydrogen-bond acceptors (Lipinski definition) is 3. The first-order valence-electron chi connectivity index (χ1n) is 7.47. The molecule has 0 aliphatic carbocycles. The molecule has 3 rings (SSSR count). The van der Waals surface area contributed by atoms with E-state index in [9.17, 15) is 4.79 Å². The summed E-state index contributed by atoms with van der Waals surface area (Å²) >= 11 is 12.1. The van der Waals surface area contributed by atoms with Gasteiger partial charge < -0.3 is 5.32 Å². The lowest BCUT2D eigenvalue weighted by molar-refractivity contribution is -0.111. The number of nitrogens with one attached hydrogen (secondary N) is 1. The van der Waals surface area contributed by atoms with Crippen molar-refractivity contribution in [2.45, 2.75) is 6.54 Å². The summed E-state index contributed by atoms with van der Waals surface area (Å²) in [6.07, 6.45) is 6.14. The molecule has 0 aliphatic rings. The molecule has 0 aliphatic heterocycles. The summed E-state index contributed by atoms with van der Waals surface area (Å²) in [5.74, 6) is -0.262. The summed E-state index contributed by atoms with van der Waals surface area (Å²) in [5, 5.41) is 7.80. The Bertz CT molecular complexity index is 907. The second-order valence-corrected chi connectivity index (χ2v) is 6.00. The van der Waals surface area contributed by atoms with E-state index >= 15 is 0 Å². The summed E-state index contributed by atoms with van der Waals surface area (Å²) in [6, 6.07) is 12.8. The molecule has 3 aromatic rings. The first kappa shape index (κ1) is 17.2. The van der Waals surface area contributed by atoms with Crippen molar-refractivity contribution >= 4 is 40.9 Å². The van der Waals surface area contributed by atoms with Crippen LogP contribution in [0.5, 0.6) is 0 Å². The molecule has 1 heterocycles. The number of benzene rings is 2. The molecular formula is C18H14Cl2N4O. The number of amides is 1. The van der Waals surface area contributed by atoms with Crippen LogP contribution in [0, 0.1) is 0 Å². The van der Waals surface area contributed by atoms with Crippen LogP contribution in [0.4, 0.5) is 5.69 Å². The summed E-state index contributed by atoms with van der Waals surface area (Å²) in [6.45, 7) is 0.514. The van der Waals surface area contributed by atoms with Crippen molar-refractivity contribution < 1.29 is 4.79 Å². The van der Waals surface area contributed by atoms with E-state index in [0.29, 0.717) is 27.8 Å². The number of para-hydroxylation sites is 1. The molecule has 0 radical (unpaired) electrons. The van der Waals surface area contributed by atoms with E-state index < -0.39 is 0 Å². The molecule has 25 heavy (non-hydrogen) atoms. The van der Waals surface area contributed by atoms with Crippen LogP contribution < -0.4 is 5.32 Å². The Morgan fingerprint density at radius 1 is 1.16 bits per heavy atom. The topological polar surface area (TPSA) is 59.8 Å².